The Bertz CT molecular complexity index is 792. The molecule has 2 aromatic rings. The predicted molar refractivity (Wildman–Crippen MR) is 121 cm³/mol. The highest BCUT2D eigenvalue weighted by Gasteiger charge is 2.26. The van der Waals surface area contributed by atoms with Crippen molar-refractivity contribution in [1.82, 2.24) is 24.9 Å². The Morgan fingerprint density at radius 3 is 2.50 bits per heavy atom. The first-order valence-corrected chi connectivity index (χ1v) is 12.6. The van der Waals surface area contributed by atoms with Gasteiger partial charge in [-0.15, -0.1) is 0 Å². The molecule has 0 unspecified atom stereocenters. The predicted octanol–water partition coefficient (Wildman–Crippen LogP) is 3.14. The average Bonchev–Trinajstić information content (AvgIpc) is 3.29. The van der Waals surface area contributed by atoms with E-state index < -0.39 is 0 Å². The Morgan fingerprint density at radius 2 is 1.77 bits per heavy atom. The number of rotatable bonds is 5. The molecule has 162 valence electrons. The van der Waals surface area contributed by atoms with Gasteiger partial charge in [0.2, 0.25) is 11.7 Å². The Hall–Kier alpha value is -1.64. The molecule has 8 heteroatoms. The lowest BCUT2D eigenvalue weighted by Crippen LogP contribution is -2.50. The Labute approximate surface area is 183 Å². The minimum Gasteiger partial charge on any atom is -0.355 e. The van der Waals surface area contributed by atoms with Gasteiger partial charge in [-0.1, -0.05) is 24.4 Å². The maximum absolute atomic E-state index is 5.55. The summed E-state index contributed by atoms with van der Waals surface area (Å²) in [5, 5.41) is 4.20. The summed E-state index contributed by atoms with van der Waals surface area (Å²) in [5.74, 6) is 4.73. The molecule has 2 aromatic heterocycles. The molecular formula is C22H32N6OS. The highest BCUT2D eigenvalue weighted by atomic mass is 32.2. The fourth-order valence-corrected chi connectivity index (χ4v) is 5.76. The van der Waals surface area contributed by atoms with Crippen LogP contribution in [0.15, 0.2) is 22.9 Å². The number of piperazine rings is 1. The molecule has 0 spiro atoms. The van der Waals surface area contributed by atoms with E-state index in [1.807, 2.05) is 18.0 Å². The molecule has 0 amide bonds. The van der Waals surface area contributed by atoms with Crippen molar-refractivity contribution in [2.45, 2.75) is 44.7 Å². The first kappa shape index (κ1) is 20.3. The second-order valence-corrected chi connectivity index (χ2v) is 9.84. The van der Waals surface area contributed by atoms with Crippen LogP contribution in [0.4, 0.5) is 5.82 Å². The number of anilines is 1. The Balaban J connectivity index is 1.14. The summed E-state index contributed by atoms with van der Waals surface area (Å²) in [6.45, 7) is 7.35. The van der Waals surface area contributed by atoms with Crippen LogP contribution in [0, 0.1) is 0 Å². The third-order valence-corrected chi connectivity index (χ3v) is 7.61. The summed E-state index contributed by atoms with van der Waals surface area (Å²) in [7, 11) is 0. The molecule has 1 saturated carbocycles. The lowest BCUT2D eigenvalue weighted by Gasteiger charge is -2.40. The van der Waals surface area contributed by atoms with E-state index in [1.165, 1.54) is 43.6 Å². The van der Waals surface area contributed by atoms with Crippen molar-refractivity contribution in [3.63, 3.8) is 0 Å². The van der Waals surface area contributed by atoms with Gasteiger partial charge in [0.15, 0.2) is 0 Å². The van der Waals surface area contributed by atoms with Crippen LogP contribution >= 0.6 is 11.8 Å². The monoisotopic (exact) mass is 428 g/mol. The van der Waals surface area contributed by atoms with E-state index in [-0.39, 0.29) is 0 Å². The standard InChI is InChI=1S/C22H32N6OS/c1-2-4-19(5-3-1)27-10-8-26(9-11-27)17-21-24-22(25-29-21)18-6-7-20(23-16-18)28-12-14-30-15-13-28/h6-7,16,19H,1-5,8-15,17H2. The highest BCUT2D eigenvalue weighted by Crippen LogP contribution is 2.24. The topological polar surface area (TPSA) is 61.5 Å². The van der Waals surface area contributed by atoms with Crippen LogP contribution in [-0.2, 0) is 6.54 Å². The van der Waals surface area contributed by atoms with Gasteiger partial charge in [0.05, 0.1) is 6.54 Å². The van der Waals surface area contributed by atoms with Crippen LogP contribution in [-0.4, -0.2) is 81.7 Å². The van der Waals surface area contributed by atoms with Crippen molar-refractivity contribution < 1.29 is 4.52 Å². The van der Waals surface area contributed by atoms with Gasteiger partial charge in [-0.3, -0.25) is 9.80 Å². The van der Waals surface area contributed by atoms with E-state index in [4.69, 9.17) is 4.52 Å². The summed E-state index contributed by atoms with van der Waals surface area (Å²) in [4.78, 5) is 16.7. The van der Waals surface area contributed by atoms with E-state index in [0.717, 1.165) is 63.2 Å². The van der Waals surface area contributed by atoms with Crippen molar-refractivity contribution in [3.05, 3.63) is 24.2 Å². The summed E-state index contributed by atoms with van der Waals surface area (Å²) in [6, 6.07) is 4.95. The summed E-state index contributed by atoms with van der Waals surface area (Å²) in [5.41, 5.74) is 0.919. The molecule has 2 aliphatic heterocycles. The van der Waals surface area contributed by atoms with Crippen molar-refractivity contribution in [1.29, 1.82) is 0 Å². The second-order valence-electron chi connectivity index (χ2n) is 8.62. The number of hydrogen-bond donors (Lipinski definition) is 0. The molecule has 0 N–H and O–H groups in total. The summed E-state index contributed by atoms with van der Waals surface area (Å²) in [6.07, 6.45) is 8.87. The van der Waals surface area contributed by atoms with Crippen LogP contribution in [0.25, 0.3) is 11.4 Å². The van der Waals surface area contributed by atoms with Gasteiger partial charge in [-0.05, 0) is 25.0 Å². The minimum absolute atomic E-state index is 0.638. The summed E-state index contributed by atoms with van der Waals surface area (Å²) < 4.78 is 5.55. The van der Waals surface area contributed by atoms with E-state index in [2.05, 4.69) is 42.0 Å². The molecule has 0 radical (unpaired) electrons. The van der Waals surface area contributed by atoms with Gasteiger partial charge in [-0.25, -0.2) is 4.98 Å². The third-order valence-electron chi connectivity index (χ3n) is 6.67. The second kappa shape index (κ2) is 9.66. The first-order chi connectivity index (χ1) is 14.8. The molecule has 0 bridgehead atoms. The van der Waals surface area contributed by atoms with Crippen LogP contribution in [0.5, 0.6) is 0 Å². The zero-order valence-electron chi connectivity index (χ0n) is 17.7. The first-order valence-electron chi connectivity index (χ1n) is 11.4. The van der Waals surface area contributed by atoms with Gasteiger partial charge >= 0.3 is 0 Å². The van der Waals surface area contributed by atoms with Crippen molar-refractivity contribution >= 4 is 17.6 Å². The van der Waals surface area contributed by atoms with Crippen molar-refractivity contribution in [2.24, 2.45) is 0 Å². The molecule has 0 atom stereocenters. The number of thioether (sulfide) groups is 1. The normalized spacial score (nSPS) is 22.5. The lowest BCUT2D eigenvalue weighted by atomic mass is 9.94. The number of pyridine rings is 1. The largest absolute Gasteiger partial charge is 0.355 e. The molecule has 1 aliphatic carbocycles. The van der Waals surface area contributed by atoms with Crippen LogP contribution in [0.2, 0.25) is 0 Å². The SMILES string of the molecule is c1cc(N2CCSCC2)ncc1-c1noc(CN2CCN(C3CCCCC3)CC2)n1. The summed E-state index contributed by atoms with van der Waals surface area (Å²) >= 11 is 2.01. The molecule has 2 saturated heterocycles. The van der Waals surface area contributed by atoms with Gasteiger partial charge in [0, 0.05) is 68.6 Å². The molecule has 3 fully saturated rings. The zero-order valence-corrected chi connectivity index (χ0v) is 18.5. The number of nitrogens with zero attached hydrogens (tertiary/aromatic N) is 6. The van der Waals surface area contributed by atoms with Crippen molar-refractivity contribution in [2.75, 3.05) is 55.7 Å². The number of aromatic nitrogens is 3. The van der Waals surface area contributed by atoms with Crippen LogP contribution in [0.1, 0.15) is 38.0 Å². The van der Waals surface area contributed by atoms with E-state index in [0.29, 0.717) is 11.7 Å². The third kappa shape index (κ3) is 4.81. The average molecular weight is 429 g/mol. The fourth-order valence-electron chi connectivity index (χ4n) is 4.86. The maximum atomic E-state index is 5.55. The maximum Gasteiger partial charge on any atom is 0.241 e. The molecule has 4 heterocycles. The lowest BCUT2D eigenvalue weighted by molar-refractivity contribution is 0.0702. The molecule has 7 nitrogen and oxygen atoms in total. The van der Waals surface area contributed by atoms with Crippen LogP contribution < -0.4 is 4.90 Å². The molecular weight excluding hydrogens is 396 g/mol. The van der Waals surface area contributed by atoms with E-state index in [1.54, 1.807) is 0 Å². The minimum atomic E-state index is 0.638. The van der Waals surface area contributed by atoms with Crippen molar-refractivity contribution in [3.8, 4) is 11.4 Å². The smallest absolute Gasteiger partial charge is 0.241 e. The van der Waals surface area contributed by atoms with E-state index >= 15 is 0 Å². The molecule has 3 aliphatic rings. The zero-order chi connectivity index (χ0) is 20.2. The molecule has 30 heavy (non-hydrogen) atoms. The quantitative estimate of drug-likeness (QED) is 0.720. The van der Waals surface area contributed by atoms with Gasteiger partial charge in [0.1, 0.15) is 5.82 Å². The van der Waals surface area contributed by atoms with Gasteiger partial charge in [-0.2, -0.15) is 16.7 Å². The number of hydrogen-bond acceptors (Lipinski definition) is 8. The molecule has 0 aromatic carbocycles. The fraction of sp³-hybridized carbons (Fsp3) is 0.682. The Morgan fingerprint density at radius 1 is 0.967 bits per heavy atom. The van der Waals surface area contributed by atoms with E-state index in [9.17, 15) is 0 Å². The van der Waals surface area contributed by atoms with Gasteiger partial charge < -0.3 is 9.42 Å². The molecule has 5 rings (SSSR count). The Kier molecular flexibility index (Phi) is 6.53. The van der Waals surface area contributed by atoms with Gasteiger partial charge in [0.25, 0.3) is 0 Å². The van der Waals surface area contributed by atoms with Crippen LogP contribution in [0.3, 0.4) is 0 Å². The highest BCUT2D eigenvalue weighted by molar-refractivity contribution is 7.99.